The minimum atomic E-state index is -0.701. The molecule has 1 amide bonds. The van der Waals surface area contributed by atoms with Gasteiger partial charge in [0.25, 0.3) is 11.7 Å². The number of Topliss-reactive ketones (excluding diaryl/α,β-unsaturated/α-hetero) is 1. The molecule has 0 bridgehead atoms. The first-order chi connectivity index (χ1) is 17.8. The van der Waals surface area contributed by atoms with Gasteiger partial charge in [-0.1, -0.05) is 39.8 Å². The molecule has 1 N–H and O–H groups in total. The molecule has 1 aliphatic rings. The molecule has 200 valence electrons. The lowest BCUT2D eigenvalue weighted by molar-refractivity contribution is -0.140. The normalized spacial score (nSPS) is 17.2. The van der Waals surface area contributed by atoms with Crippen molar-refractivity contribution in [2.24, 2.45) is 5.92 Å². The summed E-state index contributed by atoms with van der Waals surface area (Å²) in [6, 6.07) is 13.6. The average Bonchev–Trinajstić information content (AvgIpc) is 3.15. The summed E-state index contributed by atoms with van der Waals surface area (Å²) in [6.07, 6.45) is 1.64. The molecule has 1 aliphatic heterocycles. The second-order valence-corrected chi connectivity index (χ2v) is 9.70. The predicted molar refractivity (Wildman–Crippen MR) is 146 cm³/mol. The molecule has 1 heterocycles. The maximum atomic E-state index is 13.3. The Morgan fingerprint density at radius 2 is 1.76 bits per heavy atom. The second-order valence-electron chi connectivity index (χ2n) is 9.70. The van der Waals surface area contributed by atoms with Crippen molar-refractivity contribution in [2.45, 2.75) is 46.6 Å². The van der Waals surface area contributed by atoms with E-state index in [1.54, 1.807) is 36.3 Å². The number of ketones is 1. The van der Waals surface area contributed by atoms with Crippen molar-refractivity contribution in [3.05, 3.63) is 65.2 Å². The molecule has 0 aliphatic carbocycles. The molecule has 1 atom stereocenters. The van der Waals surface area contributed by atoms with Crippen molar-refractivity contribution >= 4 is 17.4 Å². The van der Waals surface area contributed by atoms with Gasteiger partial charge >= 0.3 is 0 Å². The van der Waals surface area contributed by atoms with E-state index in [1.165, 1.54) is 0 Å². The predicted octanol–water partition coefficient (Wildman–Crippen LogP) is 5.27. The van der Waals surface area contributed by atoms with Gasteiger partial charge in [-0.3, -0.25) is 9.59 Å². The molecule has 7 heteroatoms. The zero-order valence-electron chi connectivity index (χ0n) is 22.7. The molecule has 0 saturated carbocycles. The van der Waals surface area contributed by atoms with Gasteiger partial charge in [0.15, 0.2) is 0 Å². The van der Waals surface area contributed by atoms with Crippen LogP contribution in [0.25, 0.3) is 5.76 Å². The van der Waals surface area contributed by atoms with Gasteiger partial charge in [-0.25, -0.2) is 0 Å². The summed E-state index contributed by atoms with van der Waals surface area (Å²) in [5.74, 6) is 0.375. The van der Waals surface area contributed by atoms with Crippen LogP contribution in [0.2, 0.25) is 0 Å². The number of carbonyl (C=O) groups is 2. The molecule has 2 aromatic carbocycles. The summed E-state index contributed by atoms with van der Waals surface area (Å²) >= 11 is 0. The Kier molecular flexibility index (Phi) is 10.1. The Labute approximate surface area is 220 Å². The zero-order valence-corrected chi connectivity index (χ0v) is 22.7. The van der Waals surface area contributed by atoms with Gasteiger partial charge in [-0.15, -0.1) is 0 Å². The van der Waals surface area contributed by atoms with Gasteiger partial charge in [0, 0.05) is 12.1 Å². The van der Waals surface area contributed by atoms with Gasteiger partial charge in [0.2, 0.25) is 0 Å². The minimum absolute atomic E-state index is 0.0948. The van der Waals surface area contributed by atoms with Crippen LogP contribution in [0.1, 0.15) is 57.7 Å². The highest BCUT2D eigenvalue weighted by Crippen LogP contribution is 2.40. The highest BCUT2D eigenvalue weighted by atomic mass is 16.5. The lowest BCUT2D eigenvalue weighted by Gasteiger charge is -2.27. The number of amides is 1. The topological polar surface area (TPSA) is 79.3 Å². The van der Waals surface area contributed by atoms with Gasteiger partial charge in [0.05, 0.1) is 25.3 Å². The van der Waals surface area contributed by atoms with Gasteiger partial charge in [0.1, 0.15) is 17.3 Å². The maximum absolute atomic E-state index is 13.3. The van der Waals surface area contributed by atoms with Crippen molar-refractivity contribution in [3.8, 4) is 11.5 Å². The molecule has 0 spiro atoms. The van der Waals surface area contributed by atoms with E-state index in [0.717, 1.165) is 38.0 Å². The van der Waals surface area contributed by atoms with Crippen LogP contribution in [-0.4, -0.2) is 66.5 Å². The Bertz CT molecular complexity index is 1090. The van der Waals surface area contributed by atoms with Gasteiger partial charge in [-0.05, 0) is 80.4 Å². The lowest BCUT2D eigenvalue weighted by Crippen LogP contribution is -2.33. The summed E-state index contributed by atoms with van der Waals surface area (Å²) in [4.78, 5) is 30.4. The molecule has 1 saturated heterocycles. The average molecular weight is 509 g/mol. The second kappa shape index (κ2) is 13.3. The third-order valence-electron chi connectivity index (χ3n) is 6.81. The molecule has 7 nitrogen and oxygen atoms in total. The highest BCUT2D eigenvalue weighted by Gasteiger charge is 2.45. The number of rotatable bonds is 13. The maximum Gasteiger partial charge on any atom is 0.295 e. The van der Waals surface area contributed by atoms with Gasteiger partial charge in [-0.2, -0.15) is 0 Å². The number of nitrogens with zero attached hydrogens (tertiary/aromatic N) is 2. The number of aliphatic hydroxyl groups excluding tert-OH is 1. The van der Waals surface area contributed by atoms with E-state index < -0.39 is 17.7 Å². The first-order valence-corrected chi connectivity index (χ1v) is 13.2. The van der Waals surface area contributed by atoms with Crippen LogP contribution in [0, 0.1) is 5.92 Å². The quantitative estimate of drug-likeness (QED) is 0.225. The number of likely N-dealkylation sites (tertiary alicyclic amines) is 1. The van der Waals surface area contributed by atoms with E-state index in [9.17, 15) is 14.7 Å². The smallest absolute Gasteiger partial charge is 0.295 e. The standard InChI is InChI=1S/C30H40N2O5/c1-6-31(7-2)17-9-18-32-27(23-10-8-11-25(20-23)37-19-16-21(3)4)26(29(34)30(32)35)28(33)22-12-14-24(36-5)15-13-22/h8,10-15,20-21,27,33H,6-7,9,16-19H2,1-5H3/b28-26+. The van der Waals surface area contributed by atoms with Crippen LogP contribution in [0.3, 0.4) is 0 Å². The molecular formula is C30H40N2O5. The fraction of sp³-hybridized carbons (Fsp3) is 0.467. The van der Waals surface area contributed by atoms with Crippen molar-refractivity contribution in [1.29, 1.82) is 0 Å². The van der Waals surface area contributed by atoms with E-state index in [2.05, 4.69) is 32.6 Å². The number of hydrogen-bond acceptors (Lipinski definition) is 6. The molecule has 2 aromatic rings. The van der Waals surface area contributed by atoms with E-state index in [1.807, 2.05) is 24.3 Å². The lowest BCUT2D eigenvalue weighted by atomic mass is 9.95. The largest absolute Gasteiger partial charge is 0.507 e. The van der Waals surface area contributed by atoms with Crippen LogP contribution in [-0.2, 0) is 9.59 Å². The van der Waals surface area contributed by atoms with Crippen molar-refractivity contribution in [1.82, 2.24) is 9.80 Å². The first-order valence-electron chi connectivity index (χ1n) is 13.2. The summed E-state index contributed by atoms with van der Waals surface area (Å²) in [5, 5.41) is 11.3. The third-order valence-corrected chi connectivity index (χ3v) is 6.81. The van der Waals surface area contributed by atoms with Crippen LogP contribution < -0.4 is 9.47 Å². The molecule has 37 heavy (non-hydrogen) atoms. The Morgan fingerprint density at radius 1 is 1.05 bits per heavy atom. The van der Waals surface area contributed by atoms with E-state index in [4.69, 9.17) is 9.47 Å². The SMILES string of the molecule is CCN(CC)CCCN1C(=O)C(=O)/C(=C(/O)c2ccc(OC)cc2)C1c1cccc(OCCC(C)C)c1. The van der Waals surface area contributed by atoms with Crippen molar-refractivity contribution in [3.63, 3.8) is 0 Å². The molecular weight excluding hydrogens is 468 g/mol. The summed E-state index contributed by atoms with van der Waals surface area (Å²) in [7, 11) is 1.56. The number of hydrogen-bond donors (Lipinski definition) is 1. The molecule has 3 rings (SSSR count). The van der Waals surface area contributed by atoms with E-state index >= 15 is 0 Å². The van der Waals surface area contributed by atoms with E-state index in [-0.39, 0.29) is 11.3 Å². The minimum Gasteiger partial charge on any atom is -0.507 e. The highest BCUT2D eigenvalue weighted by molar-refractivity contribution is 6.46. The number of ether oxygens (including phenoxy) is 2. The molecule has 1 unspecified atom stereocenters. The third kappa shape index (κ3) is 6.92. The van der Waals surface area contributed by atoms with Crippen LogP contribution >= 0.6 is 0 Å². The van der Waals surface area contributed by atoms with Gasteiger partial charge < -0.3 is 24.4 Å². The Morgan fingerprint density at radius 3 is 2.38 bits per heavy atom. The summed E-state index contributed by atoms with van der Waals surface area (Å²) in [6.45, 7) is 12.2. The summed E-state index contributed by atoms with van der Waals surface area (Å²) in [5.41, 5.74) is 1.28. The van der Waals surface area contributed by atoms with Crippen molar-refractivity contribution in [2.75, 3.05) is 39.9 Å². The zero-order chi connectivity index (χ0) is 26.9. The van der Waals surface area contributed by atoms with Crippen LogP contribution in [0.5, 0.6) is 11.5 Å². The van der Waals surface area contributed by atoms with Crippen molar-refractivity contribution < 1.29 is 24.2 Å². The first kappa shape index (κ1) is 28.3. The molecule has 0 radical (unpaired) electrons. The fourth-order valence-corrected chi connectivity index (χ4v) is 4.55. The molecule has 1 fully saturated rings. The fourth-order valence-electron chi connectivity index (χ4n) is 4.55. The number of carbonyl (C=O) groups excluding carboxylic acids is 2. The van der Waals surface area contributed by atoms with Crippen LogP contribution in [0.4, 0.5) is 0 Å². The number of methoxy groups -OCH3 is 1. The summed E-state index contributed by atoms with van der Waals surface area (Å²) < 4.78 is 11.2. The van der Waals surface area contributed by atoms with E-state index in [0.29, 0.717) is 36.1 Å². The molecule has 0 aromatic heterocycles. The Balaban J connectivity index is 2.00. The van der Waals surface area contributed by atoms with Crippen LogP contribution in [0.15, 0.2) is 54.1 Å². The number of benzene rings is 2. The number of aliphatic hydroxyl groups is 1. The Hall–Kier alpha value is -3.32. The monoisotopic (exact) mass is 508 g/mol.